The number of carbonyl (C=O) groups is 1. The average molecular weight is 675 g/mol. The Morgan fingerprint density at radius 1 is 1.02 bits per heavy atom. The molecule has 2 aliphatic heterocycles. The first-order valence-electron chi connectivity index (χ1n) is 16.4. The SMILES string of the molecule is COC(=O)C1=C2Nc3ccccc3[C@]23CCN(Cc2ccccc2)[C@@H]3[C@@H](C[C@@](C)(COS(=O)(=O)c2ccc(C)cc2)O[Si](C)(C)C)C1. The standard InChI is InChI=1S/C37H46N2O6SSi/c1-26-16-18-29(19-17-26)46(41,42)44-25-36(2,45-47(4,5)6)23-28-22-30(35(40)43-3)33-37(31-14-10-11-15-32(31)38-33)20-21-39(34(28)37)24-27-12-8-7-9-13-27/h7-19,28,34,38H,20-25H2,1-6H3/t28-,34-,36+,37-/m1/s1. The molecule has 6 rings (SSSR count). The number of hydrogen-bond acceptors (Lipinski definition) is 8. The van der Waals surface area contributed by atoms with Crippen LogP contribution in [0.5, 0.6) is 0 Å². The van der Waals surface area contributed by atoms with Crippen LogP contribution in [0.4, 0.5) is 5.69 Å². The lowest BCUT2D eigenvalue weighted by atomic mass is 9.61. The number of esters is 1. The summed E-state index contributed by atoms with van der Waals surface area (Å²) in [4.78, 5) is 16.2. The number of nitrogens with zero attached hydrogens (tertiary/aromatic N) is 1. The van der Waals surface area contributed by atoms with Gasteiger partial charge in [-0.1, -0.05) is 66.2 Å². The highest BCUT2D eigenvalue weighted by Crippen LogP contribution is 2.60. The Morgan fingerprint density at radius 2 is 1.70 bits per heavy atom. The van der Waals surface area contributed by atoms with Gasteiger partial charge in [-0.15, -0.1) is 0 Å². The summed E-state index contributed by atoms with van der Waals surface area (Å²) in [6.45, 7) is 11.7. The zero-order valence-electron chi connectivity index (χ0n) is 28.2. The van der Waals surface area contributed by atoms with Gasteiger partial charge in [0.1, 0.15) is 0 Å². The summed E-state index contributed by atoms with van der Waals surface area (Å²) in [6, 6.07) is 25.5. The van der Waals surface area contributed by atoms with Gasteiger partial charge in [0.25, 0.3) is 10.1 Å². The summed E-state index contributed by atoms with van der Waals surface area (Å²) < 4.78 is 44.9. The minimum atomic E-state index is -4.03. The smallest absolute Gasteiger partial charge is 0.335 e. The molecule has 1 N–H and O–H groups in total. The maximum absolute atomic E-state index is 13.5. The Morgan fingerprint density at radius 3 is 2.38 bits per heavy atom. The summed E-state index contributed by atoms with van der Waals surface area (Å²) in [5.74, 6) is -0.408. The van der Waals surface area contributed by atoms with Crippen molar-refractivity contribution >= 4 is 30.1 Å². The van der Waals surface area contributed by atoms with Crippen molar-refractivity contribution in [2.45, 2.75) is 81.2 Å². The molecule has 2 heterocycles. The van der Waals surface area contributed by atoms with Crippen LogP contribution in [-0.4, -0.2) is 59.5 Å². The molecule has 3 aliphatic rings. The lowest BCUT2D eigenvalue weighted by molar-refractivity contribution is -0.137. The Hall–Kier alpha value is -3.28. The Kier molecular flexibility index (Phi) is 9.03. The van der Waals surface area contributed by atoms with E-state index in [1.165, 1.54) is 18.2 Å². The van der Waals surface area contributed by atoms with Gasteiger partial charge in [0.05, 0.1) is 35.2 Å². The highest BCUT2D eigenvalue weighted by atomic mass is 32.2. The lowest BCUT2D eigenvalue weighted by Crippen LogP contribution is -2.54. The highest BCUT2D eigenvalue weighted by molar-refractivity contribution is 7.86. The molecule has 4 atom stereocenters. The van der Waals surface area contributed by atoms with Crippen molar-refractivity contribution in [2.24, 2.45) is 5.92 Å². The van der Waals surface area contributed by atoms with Crippen LogP contribution in [0.15, 0.2) is 95.0 Å². The quantitative estimate of drug-likeness (QED) is 0.135. The summed E-state index contributed by atoms with van der Waals surface area (Å²) in [5.41, 5.74) is 4.59. The summed E-state index contributed by atoms with van der Waals surface area (Å²) in [6.07, 6.45) is 1.80. The van der Waals surface area contributed by atoms with Crippen LogP contribution >= 0.6 is 0 Å². The molecular formula is C37H46N2O6SSi. The second kappa shape index (κ2) is 12.6. The molecular weight excluding hydrogens is 629 g/mol. The Labute approximate surface area is 280 Å². The number of rotatable bonds is 11. The third kappa shape index (κ3) is 6.58. The largest absolute Gasteiger partial charge is 0.466 e. The minimum Gasteiger partial charge on any atom is -0.466 e. The van der Waals surface area contributed by atoms with Crippen LogP contribution in [0.1, 0.15) is 42.9 Å². The molecule has 0 bridgehead atoms. The van der Waals surface area contributed by atoms with Crippen molar-refractivity contribution < 1.29 is 26.6 Å². The van der Waals surface area contributed by atoms with Crippen molar-refractivity contribution in [3.8, 4) is 0 Å². The molecule has 3 aromatic carbocycles. The number of para-hydroxylation sites is 1. The van der Waals surface area contributed by atoms with Gasteiger partial charge in [-0.2, -0.15) is 8.42 Å². The van der Waals surface area contributed by atoms with E-state index >= 15 is 0 Å². The van der Waals surface area contributed by atoms with Crippen molar-refractivity contribution in [1.29, 1.82) is 0 Å². The highest BCUT2D eigenvalue weighted by Gasteiger charge is 2.61. The molecule has 0 radical (unpaired) electrons. The maximum atomic E-state index is 13.5. The number of anilines is 1. The Bertz CT molecular complexity index is 1770. The van der Waals surface area contributed by atoms with Crippen molar-refractivity contribution in [1.82, 2.24) is 4.90 Å². The number of benzene rings is 3. The number of likely N-dealkylation sites (tertiary alicyclic amines) is 1. The van der Waals surface area contributed by atoms with Crippen LogP contribution in [0.3, 0.4) is 0 Å². The molecule has 47 heavy (non-hydrogen) atoms. The van der Waals surface area contributed by atoms with E-state index < -0.39 is 29.5 Å². The molecule has 0 unspecified atom stereocenters. The van der Waals surface area contributed by atoms with Gasteiger partial charge >= 0.3 is 5.97 Å². The molecule has 1 saturated heterocycles. The van der Waals surface area contributed by atoms with E-state index in [2.05, 4.69) is 72.3 Å². The molecule has 0 amide bonds. The minimum absolute atomic E-state index is 0.0144. The molecule has 0 aromatic heterocycles. The summed E-state index contributed by atoms with van der Waals surface area (Å²) in [5, 5.41) is 3.66. The van der Waals surface area contributed by atoms with Crippen LogP contribution in [0.25, 0.3) is 0 Å². The fourth-order valence-corrected chi connectivity index (χ4v) is 10.9. The van der Waals surface area contributed by atoms with Crippen LogP contribution in [-0.2, 0) is 40.2 Å². The molecule has 0 saturated carbocycles. The molecule has 10 heteroatoms. The first-order valence-corrected chi connectivity index (χ1v) is 21.2. The van der Waals surface area contributed by atoms with E-state index in [1.54, 1.807) is 24.3 Å². The first-order chi connectivity index (χ1) is 22.2. The summed E-state index contributed by atoms with van der Waals surface area (Å²) >= 11 is 0. The lowest BCUT2D eigenvalue weighted by Gasteiger charge is -2.48. The Balaban J connectivity index is 1.42. The van der Waals surface area contributed by atoms with Gasteiger partial charge in [-0.3, -0.25) is 9.08 Å². The van der Waals surface area contributed by atoms with Crippen molar-refractivity contribution in [3.63, 3.8) is 0 Å². The third-order valence-corrected chi connectivity index (χ3v) is 12.1. The number of hydrogen-bond donors (Lipinski definition) is 1. The number of fused-ring (bicyclic) bond motifs is 1. The van der Waals surface area contributed by atoms with Gasteiger partial charge in [-0.25, -0.2) is 4.79 Å². The van der Waals surface area contributed by atoms with Gasteiger partial charge in [0.2, 0.25) is 0 Å². The number of carbonyl (C=O) groups excluding carboxylic acids is 1. The van der Waals surface area contributed by atoms with Gasteiger partial charge < -0.3 is 14.5 Å². The predicted octanol–water partition coefficient (Wildman–Crippen LogP) is 6.79. The van der Waals surface area contributed by atoms with Gasteiger partial charge in [-0.05, 0) is 88.0 Å². The fraction of sp³-hybridized carbons (Fsp3) is 0.432. The molecule has 8 nitrogen and oxygen atoms in total. The maximum Gasteiger partial charge on any atom is 0.335 e. The van der Waals surface area contributed by atoms with Gasteiger partial charge in [0, 0.05) is 30.5 Å². The second-order valence-corrected chi connectivity index (χ2v) is 20.5. The normalized spacial score (nSPS) is 23.8. The fourth-order valence-electron chi connectivity index (χ4n) is 8.26. The molecule has 250 valence electrons. The molecule has 3 aromatic rings. The average Bonchev–Trinajstić information content (AvgIpc) is 3.57. The number of nitrogens with one attached hydrogen (secondary N) is 1. The predicted molar refractivity (Wildman–Crippen MR) is 186 cm³/mol. The van der Waals surface area contributed by atoms with Crippen LogP contribution < -0.4 is 5.32 Å². The first kappa shape index (κ1) is 33.6. The van der Waals surface area contributed by atoms with Crippen LogP contribution in [0.2, 0.25) is 19.6 Å². The topological polar surface area (TPSA) is 94.2 Å². The number of aryl methyl sites for hydroxylation is 1. The third-order valence-electron chi connectivity index (χ3n) is 9.76. The van der Waals surface area contributed by atoms with E-state index in [9.17, 15) is 13.2 Å². The van der Waals surface area contributed by atoms with Crippen LogP contribution in [0, 0.1) is 12.8 Å². The van der Waals surface area contributed by atoms with E-state index in [-0.39, 0.29) is 29.4 Å². The zero-order valence-corrected chi connectivity index (χ0v) is 30.0. The van der Waals surface area contributed by atoms with E-state index in [0.717, 1.165) is 36.5 Å². The van der Waals surface area contributed by atoms with E-state index in [0.29, 0.717) is 18.4 Å². The van der Waals surface area contributed by atoms with E-state index in [1.807, 2.05) is 26.0 Å². The number of ether oxygens (including phenoxy) is 1. The zero-order chi connectivity index (χ0) is 33.6. The second-order valence-electron chi connectivity index (χ2n) is 14.5. The van der Waals surface area contributed by atoms with E-state index in [4.69, 9.17) is 13.3 Å². The van der Waals surface area contributed by atoms with Crippen molar-refractivity contribution in [2.75, 3.05) is 25.6 Å². The molecule has 1 spiro atoms. The van der Waals surface area contributed by atoms with Crippen molar-refractivity contribution in [3.05, 3.63) is 107 Å². The number of methoxy groups -OCH3 is 1. The van der Waals surface area contributed by atoms with Gasteiger partial charge in [0.15, 0.2) is 8.32 Å². The summed E-state index contributed by atoms with van der Waals surface area (Å²) in [7, 11) is -4.80. The monoisotopic (exact) mass is 674 g/mol. The molecule has 1 aliphatic carbocycles. The molecule has 1 fully saturated rings.